The van der Waals surface area contributed by atoms with Crippen LogP contribution in [-0.4, -0.2) is 57.5 Å². The normalized spacial score (nSPS) is 20.1. The quantitative estimate of drug-likeness (QED) is 0.882. The van der Waals surface area contributed by atoms with Gasteiger partial charge in [-0.2, -0.15) is 5.10 Å². The van der Waals surface area contributed by atoms with Gasteiger partial charge in [0.2, 0.25) is 12.7 Å². The Labute approximate surface area is 145 Å². The van der Waals surface area contributed by atoms with Crippen LogP contribution in [0, 0.1) is 0 Å². The molecule has 25 heavy (non-hydrogen) atoms. The zero-order valence-electron chi connectivity index (χ0n) is 14.3. The molecule has 1 saturated heterocycles. The summed E-state index contributed by atoms with van der Waals surface area (Å²) in [5, 5.41) is 7.28. The number of ether oxygens (including phenoxy) is 2. The molecule has 2 aliphatic rings. The summed E-state index contributed by atoms with van der Waals surface area (Å²) in [4.78, 5) is 19.0. The molecule has 0 aliphatic carbocycles. The second-order valence-electron chi connectivity index (χ2n) is 6.47. The lowest BCUT2D eigenvalue weighted by atomic mass is 10.1. The first-order valence-corrected chi connectivity index (χ1v) is 8.46. The molecule has 8 heteroatoms. The number of amides is 1. The summed E-state index contributed by atoms with van der Waals surface area (Å²) in [5.41, 5.74) is 0.837. The van der Waals surface area contributed by atoms with Crippen LogP contribution in [0.25, 0.3) is 5.69 Å². The summed E-state index contributed by atoms with van der Waals surface area (Å²) < 4.78 is 12.5. The smallest absolute Gasteiger partial charge is 0.237 e. The van der Waals surface area contributed by atoms with Crippen molar-refractivity contribution in [1.29, 1.82) is 0 Å². The SMILES string of the molecule is CC(C)N1CCNC(=O)C1Cc1ncnn1-c1ccc2c(c1)OCO2. The lowest BCUT2D eigenvalue weighted by Crippen LogP contribution is -2.58. The Kier molecular flexibility index (Phi) is 4.04. The highest BCUT2D eigenvalue weighted by atomic mass is 16.7. The van der Waals surface area contributed by atoms with Gasteiger partial charge in [-0.05, 0) is 26.0 Å². The van der Waals surface area contributed by atoms with Gasteiger partial charge < -0.3 is 14.8 Å². The van der Waals surface area contributed by atoms with Crippen LogP contribution in [0.2, 0.25) is 0 Å². The highest BCUT2D eigenvalue weighted by Gasteiger charge is 2.32. The third-order valence-electron chi connectivity index (χ3n) is 4.63. The van der Waals surface area contributed by atoms with Crippen LogP contribution in [0.1, 0.15) is 19.7 Å². The van der Waals surface area contributed by atoms with Crippen molar-refractivity contribution in [2.24, 2.45) is 0 Å². The van der Waals surface area contributed by atoms with Gasteiger partial charge in [0, 0.05) is 31.6 Å². The highest BCUT2D eigenvalue weighted by molar-refractivity contribution is 5.82. The number of aromatic nitrogens is 3. The lowest BCUT2D eigenvalue weighted by Gasteiger charge is -2.37. The third-order valence-corrected chi connectivity index (χ3v) is 4.63. The van der Waals surface area contributed by atoms with E-state index in [1.54, 1.807) is 4.68 Å². The number of nitrogens with zero attached hydrogens (tertiary/aromatic N) is 4. The summed E-state index contributed by atoms with van der Waals surface area (Å²) in [6, 6.07) is 5.69. The number of fused-ring (bicyclic) bond motifs is 1. The molecule has 1 aromatic heterocycles. The van der Waals surface area contributed by atoms with Gasteiger partial charge in [-0.3, -0.25) is 9.69 Å². The Morgan fingerprint density at radius 3 is 3.00 bits per heavy atom. The lowest BCUT2D eigenvalue weighted by molar-refractivity contribution is -0.130. The molecular formula is C17H21N5O3. The Morgan fingerprint density at radius 1 is 1.32 bits per heavy atom. The van der Waals surface area contributed by atoms with E-state index in [-0.39, 0.29) is 24.8 Å². The fourth-order valence-electron chi connectivity index (χ4n) is 3.37. The fraction of sp³-hybridized carbons (Fsp3) is 0.471. The average Bonchev–Trinajstić information content (AvgIpc) is 3.24. The predicted molar refractivity (Wildman–Crippen MR) is 89.8 cm³/mol. The maximum absolute atomic E-state index is 12.4. The first-order chi connectivity index (χ1) is 12.1. The summed E-state index contributed by atoms with van der Waals surface area (Å²) in [6.07, 6.45) is 2.01. The van der Waals surface area contributed by atoms with Gasteiger partial charge in [-0.15, -0.1) is 0 Å². The molecule has 4 rings (SSSR count). The first kappa shape index (κ1) is 15.9. The van der Waals surface area contributed by atoms with Gasteiger partial charge in [-0.1, -0.05) is 0 Å². The van der Waals surface area contributed by atoms with Gasteiger partial charge in [0.15, 0.2) is 11.5 Å². The van der Waals surface area contributed by atoms with Crippen LogP contribution >= 0.6 is 0 Å². The van der Waals surface area contributed by atoms with Gasteiger partial charge in [-0.25, -0.2) is 9.67 Å². The van der Waals surface area contributed by atoms with Crippen molar-refractivity contribution < 1.29 is 14.3 Å². The molecule has 1 atom stereocenters. The maximum Gasteiger partial charge on any atom is 0.237 e. The van der Waals surface area contributed by atoms with Gasteiger partial charge in [0.05, 0.1) is 11.7 Å². The van der Waals surface area contributed by atoms with Crippen LogP contribution in [0.15, 0.2) is 24.5 Å². The Balaban J connectivity index is 1.62. The molecule has 3 heterocycles. The van der Waals surface area contributed by atoms with E-state index in [0.717, 1.165) is 23.8 Å². The van der Waals surface area contributed by atoms with E-state index < -0.39 is 0 Å². The molecule has 1 amide bonds. The van der Waals surface area contributed by atoms with E-state index in [0.29, 0.717) is 18.7 Å². The zero-order chi connectivity index (χ0) is 17.4. The third kappa shape index (κ3) is 2.93. The number of carbonyl (C=O) groups excluding carboxylic acids is 1. The standard InChI is InChI=1S/C17H21N5O3/c1-11(2)21-6-5-18-17(23)13(21)8-16-19-9-20-22(16)12-3-4-14-15(7-12)25-10-24-14/h3-4,7,9,11,13H,5-6,8,10H2,1-2H3,(H,18,23). The molecule has 0 radical (unpaired) electrons. The number of nitrogens with one attached hydrogen (secondary N) is 1. The summed E-state index contributed by atoms with van der Waals surface area (Å²) in [6.45, 7) is 5.96. The van der Waals surface area contributed by atoms with Crippen molar-refractivity contribution in [3.05, 3.63) is 30.4 Å². The minimum absolute atomic E-state index is 0.0418. The Bertz CT molecular complexity index is 788. The van der Waals surface area contributed by atoms with Crippen molar-refractivity contribution in [2.75, 3.05) is 19.9 Å². The van der Waals surface area contributed by atoms with Crippen LogP contribution in [-0.2, 0) is 11.2 Å². The second-order valence-corrected chi connectivity index (χ2v) is 6.47. The minimum Gasteiger partial charge on any atom is -0.454 e. The molecule has 2 aliphatic heterocycles. The van der Waals surface area contributed by atoms with E-state index >= 15 is 0 Å². The molecule has 1 fully saturated rings. The Hall–Kier alpha value is -2.61. The number of carbonyl (C=O) groups is 1. The second kappa shape index (κ2) is 6.36. The number of hydrogen-bond acceptors (Lipinski definition) is 6. The molecule has 1 unspecified atom stereocenters. The minimum atomic E-state index is -0.245. The van der Waals surface area contributed by atoms with Gasteiger partial charge >= 0.3 is 0 Å². The van der Waals surface area contributed by atoms with E-state index in [1.165, 1.54) is 6.33 Å². The van der Waals surface area contributed by atoms with Crippen LogP contribution < -0.4 is 14.8 Å². The summed E-state index contributed by atoms with van der Waals surface area (Å²) >= 11 is 0. The largest absolute Gasteiger partial charge is 0.454 e. The summed E-state index contributed by atoms with van der Waals surface area (Å²) in [7, 11) is 0. The zero-order valence-corrected chi connectivity index (χ0v) is 14.3. The van der Waals surface area contributed by atoms with Crippen molar-refractivity contribution in [3.8, 4) is 17.2 Å². The average molecular weight is 343 g/mol. The summed E-state index contributed by atoms with van der Waals surface area (Å²) in [5.74, 6) is 2.20. The van der Waals surface area contributed by atoms with E-state index in [1.807, 2.05) is 18.2 Å². The molecule has 0 spiro atoms. The predicted octanol–water partition coefficient (Wildman–Crippen LogP) is 0.747. The number of rotatable bonds is 4. The molecule has 0 bridgehead atoms. The maximum atomic E-state index is 12.4. The van der Waals surface area contributed by atoms with Crippen molar-refractivity contribution in [3.63, 3.8) is 0 Å². The number of hydrogen-bond donors (Lipinski definition) is 1. The van der Waals surface area contributed by atoms with Crippen LogP contribution in [0.3, 0.4) is 0 Å². The van der Waals surface area contributed by atoms with Gasteiger partial charge in [0.25, 0.3) is 0 Å². The van der Waals surface area contributed by atoms with Crippen LogP contribution in [0.4, 0.5) is 0 Å². The van der Waals surface area contributed by atoms with Gasteiger partial charge in [0.1, 0.15) is 12.2 Å². The van der Waals surface area contributed by atoms with Crippen molar-refractivity contribution in [2.45, 2.75) is 32.4 Å². The van der Waals surface area contributed by atoms with E-state index in [4.69, 9.17) is 9.47 Å². The number of piperazine rings is 1. The Morgan fingerprint density at radius 2 is 2.16 bits per heavy atom. The van der Waals surface area contributed by atoms with E-state index in [9.17, 15) is 4.79 Å². The molecule has 1 N–H and O–H groups in total. The molecule has 0 saturated carbocycles. The molecular weight excluding hydrogens is 322 g/mol. The molecule has 1 aromatic carbocycles. The van der Waals surface area contributed by atoms with Crippen molar-refractivity contribution >= 4 is 5.91 Å². The highest BCUT2D eigenvalue weighted by Crippen LogP contribution is 2.33. The van der Waals surface area contributed by atoms with Crippen LogP contribution in [0.5, 0.6) is 11.5 Å². The van der Waals surface area contributed by atoms with Crippen molar-refractivity contribution in [1.82, 2.24) is 25.0 Å². The fourth-order valence-corrected chi connectivity index (χ4v) is 3.37. The molecule has 132 valence electrons. The first-order valence-electron chi connectivity index (χ1n) is 8.46. The number of benzene rings is 1. The monoisotopic (exact) mass is 343 g/mol. The van der Waals surface area contributed by atoms with E-state index in [2.05, 4.69) is 34.1 Å². The topological polar surface area (TPSA) is 81.5 Å². The molecule has 2 aromatic rings. The molecule has 8 nitrogen and oxygen atoms in total.